The molecule has 1 aromatic rings. The predicted molar refractivity (Wildman–Crippen MR) is 78.7 cm³/mol. The van der Waals surface area contributed by atoms with Crippen molar-refractivity contribution in [2.75, 3.05) is 25.6 Å². The van der Waals surface area contributed by atoms with Crippen LogP contribution in [0.25, 0.3) is 0 Å². The van der Waals surface area contributed by atoms with Crippen LogP contribution in [0.15, 0.2) is 23.1 Å². The topological polar surface area (TPSA) is 35.5 Å². The predicted octanol–water partition coefficient (Wildman–Crippen LogP) is 3.37. The van der Waals surface area contributed by atoms with Gasteiger partial charge in [0, 0.05) is 17.3 Å². The molecule has 0 fully saturated rings. The summed E-state index contributed by atoms with van der Waals surface area (Å²) in [5, 5.41) is 0. The van der Waals surface area contributed by atoms with Gasteiger partial charge in [-0.3, -0.25) is 4.79 Å². The van der Waals surface area contributed by atoms with Crippen molar-refractivity contribution >= 4 is 17.7 Å². The lowest BCUT2D eigenvalue weighted by molar-refractivity contribution is -0.144. The number of rotatable bonds is 8. The summed E-state index contributed by atoms with van der Waals surface area (Å²) < 4.78 is 10.1. The number of hydrogen-bond acceptors (Lipinski definition) is 4. The van der Waals surface area contributed by atoms with Crippen molar-refractivity contribution in [3.8, 4) is 0 Å². The van der Waals surface area contributed by atoms with Gasteiger partial charge in [0.15, 0.2) is 0 Å². The first-order chi connectivity index (χ1) is 9.13. The highest BCUT2D eigenvalue weighted by atomic mass is 32.2. The van der Waals surface area contributed by atoms with Crippen molar-refractivity contribution in [1.82, 2.24) is 0 Å². The molecule has 0 N–H and O–H groups in total. The second-order valence-electron chi connectivity index (χ2n) is 4.26. The molecule has 0 aliphatic rings. The van der Waals surface area contributed by atoms with E-state index < -0.39 is 0 Å². The number of aryl methyl sites for hydroxylation is 2. The number of carbonyl (C=O) groups is 1. The average Bonchev–Trinajstić information content (AvgIpc) is 2.39. The van der Waals surface area contributed by atoms with E-state index in [1.165, 1.54) is 16.0 Å². The Kier molecular flexibility index (Phi) is 7.60. The molecular weight excluding hydrogens is 260 g/mol. The van der Waals surface area contributed by atoms with Crippen molar-refractivity contribution in [2.24, 2.45) is 0 Å². The van der Waals surface area contributed by atoms with Crippen molar-refractivity contribution < 1.29 is 14.3 Å². The maximum absolute atomic E-state index is 11.4. The zero-order chi connectivity index (χ0) is 14.1. The molecule has 0 spiro atoms. The Balaban J connectivity index is 2.18. The maximum Gasteiger partial charge on any atom is 0.306 e. The molecular formula is C15H22O3S. The minimum atomic E-state index is -0.156. The van der Waals surface area contributed by atoms with E-state index >= 15 is 0 Å². The molecule has 0 aliphatic heterocycles. The van der Waals surface area contributed by atoms with Gasteiger partial charge < -0.3 is 9.47 Å². The van der Waals surface area contributed by atoms with Crippen LogP contribution >= 0.6 is 11.8 Å². The molecule has 0 heterocycles. The van der Waals surface area contributed by atoms with Gasteiger partial charge in [0.2, 0.25) is 0 Å². The molecule has 0 radical (unpaired) electrons. The number of carbonyl (C=O) groups excluding carboxylic acids is 1. The second-order valence-corrected chi connectivity index (χ2v) is 5.43. The van der Waals surface area contributed by atoms with E-state index in [0.29, 0.717) is 26.2 Å². The van der Waals surface area contributed by atoms with Gasteiger partial charge in [0.25, 0.3) is 0 Å². The minimum Gasteiger partial charge on any atom is -0.463 e. The Morgan fingerprint density at radius 2 is 2.00 bits per heavy atom. The van der Waals surface area contributed by atoms with Crippen molar-refractivity contribution in [1.29, 1.82) is 0 Å². The number of ether oxygens (including phenoxy) is 2. The zero-order valence-corrected chi connectivity index (χ0v) is 12.7. The molecule has 0 aliphatic carbocycles. The van der Waals surface area contributed by atoms with Crippen LogP contribution in [0.1, 0.15) is 24.5 Å². The summed E-state index contributed by atoms with van der Waals surface area (Å²) in [6.45, 7) is 7.59. The van der Waals surface area contributed by atoms with Gasteiger partial charge in [-0.05, 0) is 44.0 Å². The normalized spacial score (nSPS) is 10.5. The summed E-state index contributed by atoms with van der Waals surface area (Å²) in [4.78, 5) is 12.6. The van der Waals surface area contributed by atoms with Gasteiger partial charge in [-0.2, -0.15) is 0 Å². The number of hydrogen-bond donors (Lipinski definition) is 0. The van der Waals surface area contributed by atoms with E-state index in [9.17, 15) is 4.79 Å². The molecule has 0 unspecified atom stereocenters. The van der Waals surface area contributed by atoms with E-state index in [0.717, 1.165) is 5.75 Å². The van der Waals surface area contributed by atoms with Crippen molar-refractivity contribution in [3.05, 3.63) is 29.3 Å². The van der Waals surface area contributed by atoms with Crippen LogP contribution in [0, 0.1) is 13.8 Å². The van der Waals surface area contributed by atoms with E-state index in [-0.39, 0.29) is 5.97 Å². The third-order valence-corrected chi connectivity index (χ3v) is 3.74. The van der Waals surface area contributed by atoms with Crippen LogP contribution in [-0.2, 0) is 14.3 Å². The van der Waals surface area contributed by atoms with Gasteiger partial charge >= 0.3 is 5.97 Å². The first kappa shape index (κ1) is 16.1. The number of esters is 1. The Hall–Kier alpha value is -1.00. The quantitative estimate of drug-likeness (QED) is 0.416. The lowest BCUT2D eigenvalue weighted by Crippen LogP contribution is -2.11. The van der Waals surface area contributed by atoms with Crippen LogP contribution in [0.2, 0.25) is 0 Å². The Morgan fingerprint density at radius 1 is 1.21 bits per heavy atom. The van der Waals surface area contributed by atoms with Gasteiger partial charge in [0.05, 0.1) is 13.0 Å². The highest BCUT2D eigenvalue weighted by Crippen LogP contribution is 2.21. The van der Waals surface area contributed by atoms with E-state index in [2.05, 4.69) is 32.0 Å². The molecule has 1 aromatic carbocycles. The molecule has 0 aromatic heterocycles. The lowest BCUT2D eigenvalue weighted by Gasteiger charge is -2.06. The molecule has 0 amide bonds. The largest absolute Gasteiger partial charge is 0.463 e. The van der Waals surface area contributed by atoms with Crippen molar-refractivity contribution in [2.45, 2.75) is 32.1 Å². The molecule has 0 atom stereocenters. The number of benzene rings is 1. The van der Waals surface area contributed by atoms with Crippen LogP contribution in [0.3, 0.4) is 0 Å². The molecule has 19 heavy (non-hydrogen) atoms. The van der Waals surface area contributed by atoms with Gasteiger partial charge in [-0.15, -0.1) is 11.8 Å². The Morgan fingerprint density at radius 3 is 2.68 bits per heavy atom. The van der Waals surface area contributed by atoms with E-state index in [1.54, 1.807) is 11.8 Å². The fourth-order valence-corrected chi connectivity index (χ4v) is 2.42. The fourth-order valence-electron chi connectivity index (χ4n) is 1.49. The Bertz CT molecular complexity index is 404. The number of thioether (sulfide) groups is 1. The summed E-state index contributed by atoms with van der Waals surface area (Å²) in [6.07, 6.45) is 0.434. The molecule has 3 nitrogen and oxygen atoms in total. The molecule has 106 valence electrons. The van der Waals surface area contributed by atoms with E-state index in [1.807, 2.05) is 6.92 Å². The van der Waals surface area contributed by atoms with Crippen LogP contribution in [0.4, 0.5) is 0 Å². The lowest BCUT2D eigenvalue weighted by atomic mass is 10.1. The third kappa shape index (κ3) is 6.64. The van der Waals surface area contributed by atoms with Gasteiger partial charge in [0.1, 0.15) is 6.61 Å². The standard InChI is InChI=1S/C15H22O3S/c1-4-17-8-9-18-15(16)7-10-19-14-6-5-12(2)13(3)11-14/h5-6,11H,4,7-10H2,1-3H3. The van der Waals surface area contributed by atoms with Gasteiger partial charge in [-0.1, -0.05) is 6.07 Å². The molecule has 4 heteroatoms. The van der Waals surface area contributed by atoms with Crippen molar-refractivity contribution in [3.63, 3.8) is 0 Å². The summed E-state index contributed by atoms with van der Waals surface area (Å²) >= 11 is 1.68. The van der Waals surface area contributed by atoms with Crippen LogP contribution in [-0.4, -0.2) is 31.5 Å². The van der Waals surface area contributed by atoms with Gasteiger partial charge in [-0.25, -0.2) is 0 Å². The van der Waals surface area contributed by atoms with Crippen LogP contribution < -0.4 is 0 Å². The Labute approximate surface area is 119 Å². The molecule has 0 saturated heterocycles. The summed E-state index contributed by atoms with van der Waals surface area (Å²) in [5.74, 6) is 0.590. The first-order valence-electron chi connectivity index (χ1n) is 6.57. The fraction of sp³-hybridized carbons (Fsp3) is 0.533. The van der Waals surface area contributed by atoms with Crippen LogP contribution in [0.5, 0.6) is 0 Å². The smallest absolute Gasteiger partial charge is 0.306 e. The summed E-state index contributed by atoms with van der Waals surface area (Å²) in [7, 11) is 0. The monoisotopic (exact) mass is 282 g/mol. The maximum atomic E-state index is 11.4. The molecule has 0 bridgehead atoms. The zero-order valence-electron chi connectivity index (χ0n) is 11.9. The molecule has 1 rings (SSSR count). The molecule has 0 saturated carbocycles. The summed E-state index contributed by atoms with van der Waals surface area (Å²) in [6, 6.07) is 6.35. The highest BCUT2D eigenvalue weighted by molar-refractivity contribution is 7.99. The SMILES string of the molecule is CCOCCOC(=O)CCSc1ccc(C)c(C)c1. The third-order valence-electron chi connectivity index (χ3n) is 2.75. The minimum absolute atomic E-state index is 0.156. The first-order valence-corrected chi connectivity index (χ1v) is 7.55. The average molecular weight is 282 g/mol. The highest BCUT2D eigenvalue weighted by Gasteiger charge is 2.04. The summed E-state index contributed by atoms with van der Waals surface area (Å²) in [5.41, 5.74) is 2.57. The second kappa shape index (κ2) is 8.99. The van der Waals surface area contributed by atoms with E-state index in [4.69, 9.17) is 9.47 Å².